The van der Waals surface area contributed by atoms with Gasteiger partial charge in [0.05, 0.1) is 25.3 Å². The number of hydrogen-bond acceptors (Lipinski definition) is 6. The molecule has 0 bridgehead atoms. The van der Waals surface area contributed by atoms with Gasteiger partial charge in [-0.25, -0.2) is 0 Å². The van der Waals surface area contributed by atoms with E-state index >= 15 is 0 Å². The van der Waals surface area contributed by atoms with E-state index in [0.717, 1.165) is 11.1 Å². The second-order valence-electron chi connectivity index (χ2n) is 7.94. The number of para-hydroxylation sites is 1. The summed E-state index contributed by atoms with van der Waals surface area (Å²) in [6.07, 6.45) is 3.29. The van der Waals surface area contributed by atoms with E-state index in [1.807, 2.05) is 38.1 Å². The molecule has 1 atom stereocenters. The standard InChI is InChI=1S/C27H26N2O5/c1-4-34-22-10-6-5-9-20(22)24-23(25(30)19-11-12-21(33-3)17(2)14-19)26(31)27(32)29(24)16-18-8-7-13-28-15-18/h5-15,24,30H,4,16H2,1-3H3/t24-/m0/s1. The Bertz CT molecular complexity index is 1250. The van der Waals surface area contributed by atoms with E-state index in [1.165, 1.54) is 4.90 Å². The number of aryl methyl sites for hydroxylation is 1. The zero-order valence-electron chi connectivity index (χ0n) is 19.3. The van der Waals surface area contributed by atoms with Crippen LogP contribution >= 0.6 is 0 Å². The van der Waals surface area contributed by atoms with Crippen LogP contribution in [0.5, 0.6) is 11.5 Å². The molecule has 1 aliphatic rings. The van der Waals surface area contributed by atoms with Crippen molar-refractivity contribution in [2.45, 2.75) is 26.4 Å². The Hall–Kier alpha value is -4.13. The van der Waals surface area contributed by atoms with E-state index in [2.05, 4.69) is 4.98 Å². The van der Waals surface area contributed by atoms with Crippen LogP contribution in [0.15, 0.2) is 72.6 Å². The predicted octanol–water partition coefficient (Wildman–Crippen LogP) is 4.42. The normalized spacial score (nSPS) is 17.1. The molecule has 2 aromatic carbocycles. The zero-order valence-corrected chi connectivity index (χ0v) is 19.3. The molecular weight excluding hydrogens is 432 g/mol. The summed E-state index contributed by atoms with van der Waals surface area (Å²) in [5.74, 6) is -0.469. The van der Waals surface area contributed by atoms with E-state index in [1.54, 1.807) is 49.8 Å². The molecule has 1 aliphatic heterocycles. The number of carbonyl (C=O) groups excluding carboxylic acids is 2. The topological polar surface area (TPSA) is 89.0 Å². The number of aliphatic hydroxyl groups is 1. The number of ether oxygens (including phenoxy) is 2. The maximum Gasteiger partial charge on any atom is 0.295 e. The first-order chi connectivity index (χ1) is 16.5. The van der Waals surface area contributed by atoms with E-state index in [4.69, 9.17) is 9.47 Å². The summed E-state index contributed by atoms with van der Waals surface area (Å²) in [6.45, 7) is 4.28. The first-order valence-corrected chi connectivity index (χ1v) is 11.0. The number of carbonyl (C=O) groups is 2. The minimum absolute atomic E-state index is 0.0191. The Morgan fingerprint density at radius 2 is 1.88 bits per heavy atom. The molecule has 1 amide bonds. The van der Waals surface area contributed by atoms with Crippen LogP contribution in [0.4, 0.5) is 0 Å². The number of nitrogens with zero attached hydrogens (tertiary/aromatic N) is 2. The van der Waals surface area contributed by atoms with Crippen LogP contribution in [0.2, 0.25) is 0 Å². The highest BCUT2D eigenvalue weighted by Gasteiger charge is 2.47. The summed E-state index contributed by atoms with van der Waals surface area (Å²) in [5.41, 5.74) is 2.63. The van der Waals surface area contributed by atoms with Gasteiger partial charge in [-0.1, -0.05) is 24.3 Å². The lowest BCUT2D eigenvalue weighted by Gasteiger charge is -2.27. The van der Waals surface area contributed by atoms with Crippen molar-refractivity contribution in [1.82, 2.24) is 9.88 Å². The number of rotatable bonds is 7. The van der Waals surface area contributed by atoms with Gasteiger partial charge in [-0.15, -0.1) is 0 Å². The maximum absolute atomic E-state index is 13.3. The van der Waals surface area contributed by atoms with Crippen LogP contribution in [0.1, 0.15) is 35.2 Å². The van der Waals surface area contributed by atoms with Crippen molar-refractivity contribution in [2.24, 2.45) is 0 Å². The summed E-state index contributed by atoms with van der Waals surface area (Å²) in [4.78, 5) is 32.1. The molecule has 0 aliphatic carbocycles. The Kier molecular flexibility index (Phi) is 6.63. The number of Topliss-reactive ketones (excluding diaryl/α,β-unsaturated/α-hetero) is 1. The van der Waals surface area contributed by atoms with Crippen LogP contribution in [-0.4, -0.2) is 40.4 Å². The quantitative estimate of drug-likeness (QED) is 0.320. The number of aliphatic hydroxyl groups excluding tert-OH is 1. The summed E-state index contributed by atoms with van der Waals surface area (Å²) in [5, 5.41) is 11.3. The number of hydrogen-bond donors (Lipinski definition) is 1. The SMILES string of the molecule is CCOc1ccccc1[C@H]1C(=C(O)c2ccc(OC)c(C)c2)C(=O)C(=O)N1Cc1cccnc1. The summed E-state index contributed by atoms with van der Waals surface area (Å²) < 4.78 is 11.1. The highest BCUT2D eigenvalue weighted by atomic mass is 16.5. The average Bonchev–Trinajstić information content (AvgIpc) is 3.09. The predicted molar refractivity (Wildman–Crippen MR) is 127 cm³/mol. The fourth-order valence-electron chi connectivity index (χ4n) is 4.23. The second kappa shape index (κ2) is 9.79. The van der Waals surface area contributed by atoms with Gasteiger partial charge in [0.1, 0.15) is 17.3 Å². The lowest BCUT2D eigenvalue weighted by atomic mass is 9.94. The third kappa shape index (κ3) is 4.24. The van der Waals surface area contributed by atoms with Gasteiger partial charge in [-0.2, -0.15) is 0 Å². The maximum atomic E-state index is 13.3. The Morgan fingerprint density at radius 3 is 2.56 bits per heavy atom. The summed E-state index contributed by atoms with van der Waals surface area (Å²) in [7, 11) is 1.57. The van der Waals surface area contributed by atoms with Crippen LogP contribution in [-0.2, 0) is 16.1 Å². The molecule has 7 nitrogen and oxygen atoms in total. The molecule has 1 N–H and O–H groups in total. The number of benzene rings is 2. The summed E-state index contributed by atoms with van der Waals surface area (Å²) in [6, 6.07) is 15.2. The van der Waals surface area contributed by atoms with E-state index in [9.17, 15) is 14.7 Å². The van der Waals surface area contributed by atoms with Crippen LogP contribution in [0.25, 0.3) is 5.76 Å². The van der Waals surface area contributed by atoms with Crippen molar-refractivity contribution >= 4 is 17.4 Å². The molecule has 4 rings (SSSR count). The van der Waals surface area contributed by atoms with E-state index in [-0.39, 0.29) is 17.9 Å². The van der Waals surface area contributed by atoms with Crippen LogP contribution < -0.4 is 9.47 Å². The molecule has 0 saturated carbocycles. The minimum Gasteiger partial charge on any atom is -0.507 e. The number of methoxy groups -OCH3 is 1. The Labute approximate surface area is 198 Å². The van der Waals surface area contributed by atoms with Gasteiger partial charge in [-0.05, 0) is 55.3 Å². The number of aromatic nitrogens is 1. The first-order valence-electron chi connectivity index (χ1n) is 11.0. The lowest BCUT2D eigenvalue weighted by Crippen LogP contribution is -2.29. The number of pyridine rings is 1. The molecule has 34 heavy (non-hydrogen) atoms. The average molecular weight is 459 g/mol. The molecule has 0 spiro atoms. The van der Waals surface area contributed by atoms with Crippen molar-refractivity contribution in [3.63, 3.8) is 0 Å². The van der Waals surface area contributed by atoms with Gasteiger partial charge in [0.15, 0.2) is 0 Å². The molecule has 1 saturated heterocycles. The molecular formula is C27H26N2O5. The van der Waals surface area contributed by atoms with E-state index in [0.29, 0.717) is 29.2 Å². The molecule has 3 aromatic rings. The molecule has 0 unspecified atom stereocenters. The van der Waals surface area contributed by atoms with Gasteiger partial charge >= 0.3 is 0 Å². The number of likely N-dealkylation sites (tertiary alicyclic amines) is 1. The van der Waals surface area contributed by atoms with Crippen LogP contribution in [0, 0.1) is 6.92 Å². The molecule has 0 radical (unpaired) electrons. The van der Waals surface area contributed by atoms with Gasteiger partial charge in [-0.3, -0.25) is 14.6 Å². The lowest BCUT2D eigenvalue weighted by molar-refractivity contribution is -0.140. The smallest absolute Gasteiger partial charge is 0.295 e. The monoisotopic (exact) mass is 458 g/mol. The van der Waals surface area contributed by atoms with Crippen molar-refractivity contribution in [3.8, 4) is 11.5 Å². The van der Waals surface area contributed by atoms with Gasteiger partial charge in [0.25, 0.3) is 11.7 Å². The minimum atomic E-state index is -0.828. The second-order valence-corrected chi connectivity index (χ2v) is 7.94. The van der Waals surface area contributed by atoms with Crippen molar-refractivity contribution in [2.75, 3.05) is 13.7 Å². The fourth-order valence-corrected chi connectivity index (χ4v) is 4.23. The van der Waals surface area contributed by atoms with Crippen molar-refractivity contribution in [3.05, 3.63) is 94.8 Å². The highest BCUT2D eigenvalue weighted by Crippen LogP contribution is 2.43. The number of ketones is 1. The molecule has 1 aromatic heterocycles. The highest BCUT2D eigenvalue weighted by molar-refractivity contribution is 6.46. The van der Waals surface area contributed by atoms with Gasteiger partial charge < -0.3 is 19.5 Å². The molecule has 2 heterocycles. The van der Waals surface area contributed by atoms with E-state index < -0.39 is 17.7 Å². The fraction of sp³-hybridized carbons (Fsp3) is 0.222. The van der Waals surface area contributed by atoms with Crippen molar-refractivity contribution < 1.29 is 24.2 Å². The molecule has 7 heteroatoms. The summed E-state index contributed by atoms with van der Waals surface area (Å²) >= 11 is 0. The Morgan fingerprint density at radius 1 is 1.09 bits per heavy atom. The van der Waals surface area contributed by atoms with Crippen molar-refractivity contribution in [1.29, 1.82) is 0 Å². The first kappa shape index (κ1) is 23.0. The largest absolute Gasteiger partial charge is 0.507 e. The molecule has 174 valence electrons. The Balaban J connectivity index is 1.90. The number of amides is 1. The molecule has 1 fully saturated rings. The zero-order chi connectivity index (χ0) is 24.2. The van der Waals surface area contributed by atoms with Gasteiger partial charge in [0, 0.05) is 30.1 Å². The third-order valence-corrected chi connectivity index (χ3v) is 5.80. The van der Waals surface area contributed by atoms with Crippen LogP contribution in [0.3, 0.4) is 0 Å². The third-order valence-electron chi connectivity index (χ3n) is 5.80. The van der Waals surface area contributed by atoms with Gasteiger partial charge in [0.2, 0.25) is 0 Å².